The topological polar surface area (TPSA) is 35.5 Å². The Labute approximate surface area is 165 Å². The van der Waals surface area contributed by atoms with Crippen LogP contribution in [-0.4, -0.2) is 50.3 Å². The van der Waals surface area contributed by atoms with Crippen LogP contribution < -0.4 is 5.32 Å². The summed E-state index contributed by atoms with van der Waals surface area (Å²) >= 11 is 0. The van der Waals surface area contributed by atoms with E-state index in [4.69, 9.17) is 5.11 Å². The first-order valence-corrected chi connectivity index (χ1v) is 11.7. The molecule has 26 heavy (non-hydrogen) atoms. The van der Waals surface area contributed by atoms with E-state index in [2.05, 4.69) is 24.3 Å². The van der Waals surface area contributed by atoms with E-state index in [1.54, 1.807) is 0 Å². The minimum Gasteiger partial charge on any atom is -0.396 e. The number of aliphatic hydroxyl groups excluding tert-OH is 1. The van der Waals surface area contributed by atoms with Crippen LogP contribution in [0, 0.1) is 0 Å². The normalized spacial score (nSPS) is 11.5. The Bertz CT molecular complexity index is 246. The summed E-state index contributed by atoms with van der Waals surface area (Å²) in [4.78, 5) is 2.29. The minimum atomic E-state index is 0.345. The van der Waals surface area contributed by atoms with E-state index in [1.165, 1.54) is 109 Å². The maximum Gasteiger partial charge on any atom is 0.0431 e. The second-order valence-electron chi connectivity index (χ2n) is 8.29. The zero-order valence-electron chi connectivity index (χ0n) is 18.2. The quantitative estimate of drug-likeness (QED) is 0.238. The van der Waals surface area contributed by atoms with Gasteiger partial charge in [0.1, 0.15) is 0 Å². The third kappa shape index (κ3) is 23.9. The number of rotatable bonds is 22. The standard InChI is InChI=1S/C23H50N2O/c1-25(2)22-18-14-12-10-8-6-4-3-5-7-9-11-13-16-20-24-21-17-15-19-23-26/h24,26H,3-23H2,1-2H3. The third-order valence-corrected chi connectivity index (χ3v) is 5.22. The fraction of sp³-hybridized carbons (Fsp3) is 1.00. The molecule has 0 aliphatic rings. The van der Waals surface area contributed by atoms with Crippen LogP contribution in [-0.2, 0) is 0 Å². The Hall–Kier alpha value is -0.120. The highest BCUT2D eigenvalue weighted by Gasteiger charge is 1.95. The van der Waals surface area contributed by atoms with Crippen molar-refractivity contribution in [2.45, 2.75) is 109 Å². The van der Waals surface area contributed by atoms with Gasteiger partial charge in [0.2, 0.25) is 0 Å². The van der Waals surface area contributed by atoms with E-state index in [-0.39, 0.29) is 0 Å². The summed E-state index contributed by atoms with van der Waals surface area (Å²) in [5, 5.41) is 12.2. The Morgan fingerprint density at radius 1 is 0.500 bits per heavy atom. The summed E-state index contributed by atoms with van der Waals surface area (Å²) in [5.41, 5.74) is 0. The molecule has 2 N–H and O–H groups in total. The molecule has 0 atom stereocenters. The molecule has 0 saturated heterocycles. The number of nitrogens with zero attached hydrogens (tertiary/aromatic N) is 1. The predicted molar refractivity (Wildman–Crippen MR) is 117 cm³/mol. The van der Waals surface area contributed by atoms with Crippen molar-refractivity contribution in [2.75, 3.05) is 40.3 Å². The zero-order chi connectivity index (χ0) is 19.1. The molecular weight excluding hydrogens is 320 g/mol. The van der Waals surface area contributed by atoms with E-state index in [1.807, 2.05) is 0 Å². The summed E-state index contributed by atoms with van der Waals surface area (Å²) in [6.07, 6.45) is 23.3. The summed E-state index contributed by atoms with van der Waals surface area (Å²) in [7, 11) is 4.34. The lowest BCUT2D eigenvalue weighted by molar-refractivity contribution is 0.283. The van der Waals surface area contributed by atoms with Crippen LogP contribution in [0.2, 0.25) is 0 Å². The number of hydrogen-bond donors (Lipinski definition) is 2. The van der Waals surface area contributed by atoms with Crippen molar-refractivity contribution in [2.24, 2.45) is 0 Å². The molecule has 0 saturated carbocycles. The molecule has 3 heteroatoms. The highest BCUT2D eigenvalue weighted by Crippen LogP contribution is 2.13. The van der Waals surface area contributed by atoms with E-state index in [9.17, 15) is 0 Å². The molecule has 158 valence electrons. The van der Waals surface area contributed by atoms with Crippen molar-refractivity contribution >= 4 is 0 Å². The van der Waals surface area contributed by atoms with Gasteiger partial charge in [0.15, 0.2) is 0 Å². The number of hydrogen-bond acceptors (Lipinski definition) is 3. The van der Waals surface area contributed by atoms with Gasteiger partial charge in [0.05, 0.1) is 0 Å². The molecular formula is C23H50N2O. The summed E-state index contributed by atoms with van der Waals surface area (Å²) in [6.45, 7) is 3.89. The summed E-state index contributed by atoms with van der Waals surface area (Å²) in [5.74, 6) is 0. The molecule has 0 aliphatic heterocycles. The number of aliphatic hydroxyl groups is 1. The van der Waals surface area contributed by atoms with Crippen LogP contribution in [0.15, 0.2) is 0 Å². The largest absolute Gasteiger partial charge is 0.396 e. The van der Waals surface area contributed by atoms with Gasteiger partial charge in [0, 0.05) is 6.61 Å². The zero-order valence-corrected chi connectivity index (χ0v) is 18.2. The van der Waals surface area contributed by atoms with Gasteiger partial charge < -0.3 is 15.3 Å². The van der Waals surface area contributed by atoms with Crippen LogP contribution in [0.4, 0.5) is 0 Å². The van der Waals surface area contributed by atoms with Crippen molar-refractivity contribution in [1.82, 2.24) is 10.2 Å². The average molecular weight is 371 g/mol. The molecule has 0 aromatic heterocycles. The Kier molecular flexibility index (Phi) is 22.8. The van der Waals surface area contributed by atoms with E-state index >= 15 is 0 Å². The van der Waals surface area contributed by atoms with Gasteiger partial charge in [-0.15, -0.1) is 0 Å². The highest BCUT2D eigenvalue weighted by atomic mass is 16.2. The van der Waals surface area contributed by atoms with Crippen molar-refractivity contribution < 1.29 is 5.11 Å². The van der Waals surface area contributed by atoms with Crippen molar-refractivity contribution in [3.8, 4) is 0 Å². The van der Waals surface area contributed by atoms with Gasteiger partial charge >= 0.3 is 0 Å². The number of nitrogens with one attached hydrogen (secondary N) is 1. The number of unbranched alkanes of at least 4 members (excludes halogenated alkanes) is 15. The lowest BCUT2D eigenvalue weighted by Crippen LogP contribution is -2.16. The van der Waals surface area contributed by atoms with Crippen molar-refractivity contribution in [3.63, 3.8) is 0 Å². The molecule has 0 fully saturated rings. The second-order valence-corrected chi connectivity index (χ2v) is 8.29. The Morgan fingerprint density at radius 3 is 1.23 bits per heavy atom. The van der Waals surface area contributed by atoms with E-state index in [0.717, 1.165) is 19.4 Å². The highest BCUT2D eigenvalue weighted by molar-refractivity contribution is 4.52. The van der Waals surface area contributed by atoms with Gasteiger partial charge in [-0.25, -0.2) is 0 Å². The SMILES string of the molecule is CN(C)CCCCCCCCCCCCCCCCNCCCCCO. The monoisotopic (exact) mass is 370 g/mol. The Balaban J connectivity index is 2.97. The van der Waals surface area contributed by atoms with Gasteiger partial charge in [-0.05, 0) is 65.8 Å². The summed E-state index contributed by atoms with van der Waals surface area (Å²) < 4.78 is 0. The fourth-order valence-electron chi connectivity index (χ4n) is 3.46. The Morgan fingerprint density at radius 2 is 0.846 bits per heavy atom. The van der Waals surface area contributed by atoms with E-state index < -0.39 is 0 Å². The molecule has 0 aromatic rings. The first-order chi connectivity index (χ1) is 12.8. The van der Waals surface area contributed by atoms with Gasteiger partial charge in [0.25, 0.3) is 0 Å². The van der Waals surface area contributed by atoms with Crippen LogP contribution in [0.5, 0.6) is 0 Å². The minimum absolute atomic E-state index is 0.345. The van der Waals surface area contributed by atoms with Crippen molar-refractivity contribution in [3.05, 3.63) is 0 Å². The second kappa shape index (κ2) is 22.9. The molecule has 0 spiro atoms. The van der Waals surface area contributed by atoms with E-state index in [0.29, 0.717) is 6.61 Å². The molecule has 0 unspecified atom stereocenters. The van der Waals surface area contributed by atoms with Crippen molar-refractivity contribution in [1.29, 1.82) is 0 Å². The molecule has 0 radical (unpaired) electrons. The molecule has 3 nitrogen and oxygen atoms in total. The summed E-state index contributed by atoms with van der Waals surface area (Å²) in [6, 6.07) is 0. The van der Waals surface area contributed by atoms with Crippen LogP contribution >= 0.6 is 0 Å². The smallest absolute Gasteiger partial charge is 0.0431 e. The first-order valence-electron chi connectivity index (χ1n) is 11.7. The third-order valence-electron chi connectivity index (χ3n) is 5.22. The maximum atomic E-state index is 8.71. The lowest BCUT2D eigenvalue weighted by Gasteiger charge is -2.08. The van der Waals surface area contributed by atoms with Crippen LogP contribution in [0.3, 0.4) is 0 Å². The molecule has 0 rings (SSSR count). The van der Waals surface area contributed by atoms with Gasteiger partial charge in [-0.3, -0.25) is 0 Å². The molecule has 0 aliphatic carbocycles. The van der Waals surface area contributed by atoms with Crippen LogP contribution in [0.25, 0.3) is 0 Å². The van der Waals surface area contributed by atoms with Gasteiger partial charge in [-0.2, -0.15) is 0 Å². The molecule has 0 heterocycles. The fourth-order valence-corrected chi connectivity index (χ4v) is 3.46. The van der Waals surface area contributed by atoms with Crippen LogP contribution in [0.1, 0.15) is 109 Å². The average Bonchev–Trinajstić information content (AvgIpc) is 2.62. The first kappa shape index (κ1) is 25.9. The molecule has 0 aromatic carbocycles. The predicted octanol–water partition coefficient (Wildman–Crippen LogP) is 5.76. The lowest BCUT2D eigenvalue weighted by atomic mass is 10.0. The molecule has 0 amide bonds. The molecule has 0 bridgehead atoms. The maximum absolute atomic E-state index is 8.71. The van der Waals surface area contributed by atoms with Gasteiger partial charge in [-0.1, -0.05) is 77.0 Å².